The molecule has 0 fully saturated rings. The Morgan fingerprint density at radius 2 is 2.05 bits per heavy atom. The highest BCUT2D eigenvalue weighted by atomic mass is 35.5. The average Bonchev–Trinajstić information content (AvgIpc) is 2.79. The monoisotopic (exact) mass is 273 g/mol. The minimum absolute atomic E-state index is 0.119. The van der Waals surface area contributed by atoms with Crippen LogP contribution in [0, 0.1) is 13.8 Å². The fourth-order valence-electron chi connectivity index (χ4n) is 2.25. The third-order valence-electron chi connectivity index (χ3n) is 3.16. The summed E-state index contributed by atoms with van der Waals surface area (Å²) in [7, 11) is 0. The van der Waals surface area contributed by atoms with Gasteiger partial charge in [0.2, 0.25) is 0 Å². The Morgan fingerprint density at radius 3 is 2.84 bits per heavy atom. The zero-order chi connectivity index (χ0) is 13.6. The summed E-state index contributed by atoms with van der Waals surface area (Å²) >= 11 is 6.08. The van der Waals surface area contributed by atoms with Crippen molar-refractivity contribution in [2.24, 2.45) is 0 Å². The fourth-order valence-corrected chi connectivity index (χ4v) is 2.44. The number of hydrogen-bond acceptors (Lipinski definition) is 2. The number of rotatable bonds is 1. The van der Waals surface area contributed by atoms with Crippen molar-refractivity contribution in [2.75, 3.05) is 0 Å². The Bertz CT molecular complexity index is 832. The highest BCUT2D eigenvalue weighted by molar-refractivity contribution is 6.33. The van der Waals surface area contributed by atoms with Crippen LogP contribution >= 0.6 is 11.6 Å². The predicted molar refractivity (Wildman–Crippen MR) is 76.6 cm³/mol. The van der Waals surface area contributed by atoms with E-state index in [-0.39, 0.29) is 10.6 Å². The van der Waals surface area contributed by atoms with E-state index >= 15 is 0 Å². The highest BCUT2D eigenvalue weighted by Gasteiger charge is 2.14. The van der Waals surface area contributed by atoms with E-state index in [2.05, 4.69) is 15.0 Å². The number of aromatic nitrogens is 3. The molecule has 2 N–H and O–H groups in total. The van der Waals surface area contributed by atoms with Gasteiger partial charge in [0.25, 0.3) is 5.56 Å². The van der Waals surface area contributed by atoms with Gasteiger partial charge in [0.15, 0.2) is 0 Å². The second-order valence-electron chi connectivity index (χ2n) is 4.51. The molecule has 0 amide bonds. The van der Waals surface area contributed by atoms with Gasteiger partial charge in [-0.1, -0.05) is 29.8 Å². The third kappa shape index (κ3) is 1.85. The predicted octanol–water partition coefficient (Wildman–Crippen LogP) is 3.19. The zero-order valence-electron chi connectivity index (χ0n) is 10.5. The van der Waals surface area contributed by atoms with Crippen molar-refractivity contribution in [2.45, 2.75) is 13.8 Å². The smallest absolute Gasteiger partial charge is 0.270 e. The van der Waals surface area contributed by atoms with Gasteiger partial charge in [-0.05, 0) is 19.4 Å². The van der Waals surface area contributed by atoms with Gasteiger partial charge in [0.1, 0.15) is 10.8 Å². The summed E-state index contributed by atoms with van der Waals surface area (Å²) in [5.41, 5.74) is 3.22. The molecule has 0 saturated carbocycles. The Balaban J connectivity index is 2.37. The Morgan fingerprint density at radius 1 is 1.26 bits per heavy atom. The second-order valence-corrected chi connectivity index (χ2v) is 4.89. The van der Waals surface area contributed by atoms with E-state index in [1.54, 1.807) is 6.92 Å². The standard InChI is InChI=1S/C14H12ClN3O/c1-7-4-3-5-9-10(6-16-12(7)9)13-11(15)14(19)18-8(2)17-13/h3-6,16H,1-2H3,(H,17,18,19). The van der Waals surface area contributed by atoms with Gasteiger partial charge >= 0.3 is 0 Å². The molecule has 0 aliphatic rings. The van der Waals surface area contributed by atoms with Crippen LogP contribution in [0.5, 0.6) is 0 Å². The molecule has 1 aromatic carbocycles. The van der Waals surface area contributed by atoms with Crippen LogP contribution in [0.1, 0.15) is 11.4 Å². The zero-order valence-corrected chi connectivity index (χ0v) is 11.3. The number of nitrogens with one attached hydrogen (secondary N) is 2. The van der Waals surface area contributed by atoms with E-state index in [4.69, 9.17) is 11.6 Å². The summed E-state index contributed by atoms with van der Waals surface area (Å²) in [5, 5.41) is 1.13. The number of nitrogens with zero attached hydrogens (tertiary/aromatic N) is 1. The number of hydrogen-bond donors (Lipinski definition) is 2. The molecule has 19 heavy (non-hydrogen) atoms. The summed E-state index contributed by atoms with van der Waals surface area (Å²) in [4.78, 5) is 21.9. The molecule has 0 aliphatic heterocycles. The van der Waals surface area contributed by atoms with Crippen LogP contribution in [0.2, 0.25) is 5.02 Å². The molecule has 2 heterocycles. The number of H-pyrrole nitrogens is 2. The van der Waals surface area contributed by atoms with Crippen LogP contribution in [-0.2, 0) is 0 Å². The number of para-hydroxylation sites is 1. The molecule has 0 radical (unpaired) electrons. The molecule has 0 atom stereocenters. The molecule has 96 valence electrons. The van der Waals surface area contributed by atoms with Gasteiger partial charge in [-0.3, -0.25) is 4.79 Å². The molecule has 5 heteroatoms. The maximum Gasteiger partial charge on any atom is 0.270 e. The largest absolute Gasteiger partial charge is 0.360 e. The Kier molecular flexibility index (Phi) is 2.68. The van der Waals surface area contributed by atoms with Gasteiger partial charge in [-0.15, -0.1) is 0 Å². The van der Waals surface area contributed by atoms with Gasteiger partial charge < -0.3 is 9.97 Å². The summed E-state index contributed by atoms with van der Waals surface area (Å²) < 4.78 is 0. The number of aromatic amines is 2. The van der Waals surface area contributed by atoms with Gasteiger partial charge in [0, 0.05) is 22.7 Å². The molecular weight excluding hydrogens is 262 g/mol. The molecule has 2 aromatic heterocycles. The molecule has 3 rings (SSSR count). The van der Waals surface area contributed by atoms with Crippen LogP contribution in [0.25, 0.3) is 22.2 Å². The van der Waals surface area contributed by atoms with Crippen LogP contribution in [0.15, 0.2) is 29.2 Å². The molecule has 3 aromatic rings. The lowest BCUT2D eigenvalue weighted by molar-refractivity contribution is 1.03. The Labute approximate surface area is 114 Å². The van der Waals surface area contributed by atoms with E-state index in [0.29, 0.717) is 11.5 Å². The molecule has 0 aliphatic carbocycles. The van der Waals surface area contributed by atoms with Crippen LogP contribution < -0.4 is 5.56 Å². The molecule has 4 nitrogen and oxygen atoms in total. The topological polar surface area (TPSA) is 61.5 Å². The summed E-state index contributed by atoms with van der Waals surface area (Å²) in [6.45, 7) is 3.77. The minimum atomic E-state index is -0.314. The SMILES string of the molecule is Cc1nc(-c2c[nH]c3c(C)cccc23)c(Cl)c(=O)[nH]1. The van der Waals surface area contributed by atoms with Crippen molar-refractivity contribution in [1.82, 2.24) is 15.0 Å². The van der Waals surface area contributed by atoms with Crippen molar-refractivity contribution in [3.63, 3.8) is 0 Å². The maximum atomic E-state index is 11.7. The van der Waals surface area contributed by atoms with E-state index in [1.807, 2.05) is 31.3 Å². The first kappa shape index (κ1) is 12.0. The first-order valence-electron chi connectivity index (χ1n) is 5.91. The van der Waals surface area contributed by atoms with Crippen LogP contribution in [-0.4, -0.2) is 15.0 Å². The van der Waals surface area contributed by atoms with E-state index in [0.717, 1.165) is 22.0 Å². The van der Waals surface area contributed by atoms with Crippen LogP contribution in [0.3, 0.4) is 0 Å². The lowest BCUT2D eigenvalue weighted by Gasteiger charge is -2.03. The number of fused-ring (bicyclic) bond motifs is 1. The summed E-state index contributed by atoms with van der Waals surface area (Å²) in [5.74, 6) is 0.548. The average molecular weight is 274 g/mol. The van der Waals surface area contributed by atoms with E-state index < -0.39 is 0 Å². The summed E-state index contributed by atoms with van der Waals surface area (Å²) in [6, 6.07) is 5.99. The maximum absolute atomic E-state index is 11.7. The van der Waals surface area contributed by atoms with Gasteiger partial charge in [-0.25, -0.2) is 4.98 Å². The molecule has 0 bridgehead atoms. The molecule has 0 unspecified atom stereocenters. The molecular formula is C14H12ClN3O. The van der Waals surface area contributed by atoms with Gasteiger partial charge in [-0.2, -0.15) is 0 Å². The van der Waals surface area contributed by atoms with Crippen molar-refractivity contribution < 1.29 is 0 Å². The Hall–Kier alpha value is -2.07. The van der Waals surface area contributed by atoms with Crippen LogP contribution in [0.4, 0.5) is 0 Å². The molecule has 0 saturated heterocycles. The van der Waals surface area contributed by atoms with Gasteiger partial charge in [0.05, 0.1) is 5.69 Å². The molecule has 0 spiro atoms. The lowest BCUT2D eigenvalue weighted by atomic mass is 10.1. The second kappa shape index (κ2) is 4.24. The van der Waals surface area contributed by atoms with E-state index in [1.165, 1.54) is 0 Å². The normalized spacial score (nSPS) is 11.1. The van der Waals surface area contributed by atoms with E-state index in [9.17, 15) is 4.79 Å². The minimum Gasteiger partial charge on any atom is -0.360 e. The van der Waals surface area contributed by atoms with Crippen molar-refractivity contribution in [3.8, 4) is 11.3 Å². The first-order valence-corrected chi connectivity index (χ1v) is 6.29. The summed E-state index contributed by atoms with van der Waals surface area (Å²) in [6.07, 6.45) is 1.84. The third-order valence-corrected chi connectivity index (χ3v) is 3.51. The van der Waals surface area contributed by atoms with Crippen molar-refractivity contribution in [1.29, 1.82) is 0 Å². The highest BCUT2D eigenvalue weighted by Crippen LogP contribution is 2.31. The van der Waals surface area contributed by atoms with Crippen molar-refractivity contribution >= 4 is 22.5 Å². The fraction of sp³-hybridized carbons (Fsp3) is 0.143. The number of halogens is 1. The number of benzene rings is 1. The van der Waals surface area contributed by atoms with Crippen molar-refractivity contribution in [3.05, 3.63) is 51.2 Å². The first-order chi connectivity index (χ1) is 9.08. The quantitative estimate of drug-likeness (QED) is 0.715. The lowest BCUT2D eigenvalue weighted by Crippen LogP contribution is -2.11. The number of aryl methyl sites for hydroxylation is 2.